The van der Waals surface area contributed by atoms with Gasteiger partial charge in [0.15, 0.2) is 0 Å². The number of piperidine rings is 1. The molecule has 2 aliphatic rings. The van der Waals surface area contributed by atoms with E-state index < -0.39 is 10.0 Å². The Labute approximate surface area is 155 Å². The summed E-state index contributed by atoms with van der Waals surface area (Å²) in [7, 11) is -3.59. The third-order valence-corrected chi connectivity index (χ3v) is 7.17. The van der Waals surface area contributed by atoms with E-state index in [1.165, 1.54) is 16.4 Å². The summed E-state index contributed by atoms with van der Waals surface area (Å²) in [5, 5.41) is 0. The maximum Gasteiger partial charge on any atom is 0.254 e. The molecule has 0 bridgehead atoms. The smallest absolute Gasteiger partial charge is 0.254 e. The largest absolute Gasteiger partial charge is 0.378 e. The second kappa shape index (κ2) is 7.26. The van der Waals surface area contributed by atoms with Gasteiger partial charge in [-0.15, -0.1) is 0 Å². The minimum absolute atomic E-state index is 0.0116. The van der Waals surface area contributed by atoms with Crippen LogP contribution in [0.4, 0.5) is 0 Å². The van der Waals surface area contributed by atoms with E-state index >= 15 is 0 Å². The van der Waals surface area contributed by atoms with Crippen LogP contribution in [0.15, 0.2) is 29.2 Å². The van der Waals surface area contributed by atoms with Gasteiger partial charge in [0.2, 0.25) is 10.0 Å². The van der Waals surface area contributed by atoms with Gasteiger partial charge in [0.25, 0.3) is 5.91 Å². The van der Waals surface area contributed by atoms with Crippen molar-refractivity contribution in [3.05, 3.63) is 29.8 Å². The Hall–Kier alpha value is -1.48. The fraction of sp³-hybridized carbons (Fsp3) is 0.611. The van der Waals surface area contributed by atoms with Crippen LogP contribution in [0.3, 0.4) is 0 Å². The van der Waals surface area contributed by atoms with Crippen molar-refractivity contribution in [3.63, 3.8) is 0 Å². The van der Waals surface area contributed by atoms with Crippen molar-refractivity contribution in [1.29, 1.82) is 0 Å². The van der Waals surface area contributed by atoms with Crippen molar-refractivity contribution in [3.8, 4) is 0 Å². The fourth-order valence-corrected chi connectivity index (χ4v) is 5.02. The third kappa shape index (κ3) is 3.78. The highest BCUT2D eigenvalue weighted by Gasteiger charge is 2.38. The molecule has 1 aromatic rings. The van der Waals surface area contributed by atoms with Crippen LogP contribution >= 0.6 is 0 Å². The van der Waals surface area contributed by atoms with Gasteiger partial charge in [-0.05, 0) is 36.1 Å². The number of hydrogen-bond acceptors (Lipinski definition) is 5. The number of amides is 1. The second-order valence-electron chi connectivity index (χ2n) is 7.65. The number of rotatable bonds is 3. The monoisotopic (exact) mass is 381 g/mol. The van der Waals surface area contributed by atoms with Gasteiger partial charge in [0, 0.05) is 37.8 Å². The molecule has 7 nitrogen and oxygen atoms in total. The maximum absolute atomic E-state index is 12.9. The van der Waals surface area contributed by atoms with E-state index in [0.717, 1.165) is 0 Å². The first-order valence-electron chi connectivity index (χ1n) is 8.95. The number of carbonyl (C=O) groups excluding carboxylic acids is 1. The lowest BCUT2D eigenvalue weighted by Crippen LogP contribution is -2.53. The Morgan fingerprint density at radius 3 is 2.35 bits per heavy atom. The van der Waals surface area contributed by atoms with Gasteiger partial charge in [-0.25, -0.2) is 8.42 Å². The number of hydrogen-bond donors (Lipinski definition) is 1. The molecule has 2 aliphatic heterocycles. The van der Waals surface area contributed by atoms with Crippen LogP contribution in [-0.2, 0) is 14.8 Å². The summed E-state index contributed by atoms with van der Waals surface area (Å²) in [5.41, 5.74) is 6.33. The number of morpholine rings is 1. The molecule has 0 radical (unpaired) electrons. The summed E-state index contributed by atoms with van der Waals surface area (Å²) in [6.07, 6.45) is 0.639. The van der Waals surface area contributed by atoms with E-state index in [1.54, 1.807) is 17.0 Å². The normalized spacial score (nSPS) is 24.4. The summed E-state index contributed by atoms with van der Waals surface area (Å²) in [4.78, 5) is 14.4. The first-order valence-corrected chi connectivity index (χ1v) is 10.4. The summed E-state index contributed by atoms with van der Waals surface area (Å²) in [6, 6.07) is 6.20. The molecule has 2 fully saturated rings. The minimum atomic E-state index is -3.59. The lowest BCUT2D eigenvalue weighted by atomic mass is 9.81. The van der Waals surface area contributed by atoms with Crippen LogP contribution in [0.5, 0.6) is 0 Å². The number of benzene rings is 1. The predicted molar refractivity (Wildman–Crippen MR) is 98.3 cm³/mol. The van der Waals surface area contributed by atoms with E-state index in [2.05, 4.69) is 0 Å². The Balaban J connectivity index is 1.76. The number of nitrogens with two attached hydrogens (primary N) is 1. The van der Waals surface area contributed by atoms with Crippen LogP contribution < -0.4 is 5.73 Å². The van der Waals surface area contributed by atoms with Crippen LogP contribution in [0, 0.1) is 5.41 Å². The summed E-state index contributed by atoms with van der Waals surface area (Å²) >= 11 is 0. The number of nitrogens with zero attached hydrogens (tertiary/aromatic N) is 2. The molecule has 2 saturated heterocycles. The molecule has 0 spiro atoms. The summed E-state index contributed by atoms with van der Waals surface area (Å²) in [5.74, 6) is -0.0951. The zero-order valence-electron chi connectivity index (χ0n) is 15.3. The molecular weight excluding hydrogens is 354 g/mol. The Bertz CT molecular complexity index is 755. The molecule has 2 heterocycles. The molecule has 0 aromatic heterocycles. The van der Waals surface area contributed by atoms with Gasteiger partial charge < -0.3 is 15.4 Å². The molecule has 8 heteroatoms. The molecular formula is C18H27N3O4S. The van der Waals surface area contributed by atoms with E-state index in [-0.39, 0.29) is 22.3 Å². The standard InChI is InChI=1S/C18H27N3O4S/c1-18(2)13-21(8-7-16(18)19)26(23,24)15-5-3-14(4-6-15)17(22)20-9-11-25-12-10-20/h3-6,16H,7-13,19H2,1-2H3. The Kier molecular flexibility index (Phi) is 5.39. The molecule has 26 heavy (non-hydrogen) atoms. The van der Waals surface area contributed by atoms with Gasteiger partial charge in [-0.2, -0.15) is 4.31 Å². The van der Waals surface area contributed by atoms with Gasteiger partial charge in [-0.3, -0.25) is 4.79 Å². The van der Waals surface area contributed by atoms with E-state index in [0.29, 0.717) is 51.4 Å². The predicted octanol–water partition coefficient (Wildman–Crippen LogP) is 0.907. The minimum Gasteiger partial charge on any atom is -0.378 e. The second-order valence-corrected chi connectivity index (χ2v) is 9.59. The molecule has 1 atom stereocenters. The van der Waals surface area contributed by atoms with E-state index in [9.17, 15) is 13.2 Å². The van der Waals surface area contributed by atoms with E-state index in [4.69, 9.17) is 10.5 Å². The molecule has 144 valence electrons. The van der Waals surface area contributed by atoms with Crippen molar-refractivity contribution in [2.24, 2.45) is 11.1 Å². The zero-order chi connectivity index (χ0) is 18.9. The van der Waals surface area contributed by atoms with Crippen LogP contribution in [0.25, 0.3) is 0 Å². The molecule has 1 amide bonds. The Morgan fingerprint density at radius 1 is 1.15 bits per heavy atom. The summed E-state index contributed by atoms with van der Waals surface area (Å²) < 4.78 is 32.6. The lowest BCUT2D eigenvalue weighted by molar-refractivity contribution is 0.0303. The first-order chi connectivity index (χ1) is 12.2. The van der Waals surface area contributed by atoms with Gasteiger partial charge in [0.1, 0.15) is 0 Å². The average Bonchev–Trinajstić information content (AvgIpc) is 2.64. The van der Waals surface area contributed by atoms with Crippen molar-refractivity contribution in [2.75, 3.05) is 39.4 Å². The molecule has 0 saturated carbocycles. The van der Waals surface area contributed by atoms with Crippen molar-refractivity contribution in [2.45, 2.75) is 31.2 Å². The molecule has 2 N–H and O–H groups in total. The molecule has 1 unspecified atom stereocenters. The maximum atomic E-state index is 12.9. The third-order valence-electron chi connectivity index (χ3n) is 5.31. The highest BCUT2D eigenvalue weighted by molar-refractivity contribution is 7.89. The van der Waals surface area contributed by atoms with Crippen LogP contribution in [0.2, 0.25) is 0 Å². The number of sulfonamides is 1. The van der Waals surface area contributed by atoms with E-state index in [1.807, 2.05) is 13.8 Å². The molecule has 0 aliphatic carbocycles. The molecule has 3 rings (SSSR count). The van der Waals surface area contributed by atoms with Gasteiger partial charge in [-0.1, -0.05) is 13.8 Å². The van der Waals surface area contributed by atoms with Crippen LogP contribution in [-0.4, -0.2) is 69.0 Å². The quantitative estimate of drug-likeness (QED) is 0.840. The zero-order valence-corrected chi connectivity index (χ0v) is 16.2. The Morgan fingerprint density at radius 2 is 1.77 bits per heavy atom. The number of ether oxygens (including phenoxy) is 1. The van der Waals surface area contributed by atoms with Crippen molar-refractivity contribution < 1.29 is 17.9 Å². The molecule has 1 aromatic carbocycles. The van der Waals surface area contributed by atoms with Crippen molar-refractivity contribution >= 4 is 15.9 Å². The number of carbonyl (C=O) groups is 1. The lowest BCUT2D eigenvalue weighted by Gasteiger charge is -2.41. The highest BCUT2D eigenvalue weighted by atomic mass is 32.2. The highest BCUT2D eigenvalue weighted by Crippen LogP contribution is 2.31. The van der Waals surface area contributed by atoms with Crippen LogP contribution in [0.1, 0.15) is 30.6 Å². The first kappa shape index (κ1) is 19.3. The summed E-state index contributed by atoms with van der Waals surface area (Å²) in [6.45, 7) is 6.97. The van der Waals surface area contributed by atoms with Crippen molar-refractivity contribution in [1.82, 2.24) is 9.21 Å². The van der Waals surface area contributed by atoms with Gasteiger partial charge >= 0.3 is 0 Å². The topological polar surface area (TPSA) is 92.9 Å². The average molecular weight is 381 g/mol. The van der Waals surface area contributed by atoms with Gasteiger partial charge in [0.05, 0.1) is 18.1 Å². The SMILES string of the molecule is CC1(C)CN(S(=O)(=O)c2ccc(C(=O)N3CCOCC3)cc2)CCC1N. The fourth-order valence-electron chi connectivity index (χ4n) is 3.40.